The number of benzene rings is 1. The highest BCUT2D eigenvalue weighted by molar-refractivity contribution is 8.00. The molecule has 0 bridgehead atoms. The molecule has 24 heavy (non-hydrogen) atoms. The molecule has 5 nitrogen and oxygen atoms in total. The third kappa shape index (κ3) is 2.89. The second-order valence-corrected chi connectivity index (χ2v) is 7.44. The van der Waals surface area contributed by atoms with Gasteiger partial charge in [0.25, 0.3) is 0 Å². The van der Waals surface area contributed by atoms with Crippen molar-refractivity contribution < 1.29 is 4.52 Å². The van der Waals surface area contributed by atoms with E-state index in [0.29, 0.717) is 11.7 Å². The van der Waals surface area contributed by atoms with Gasteiger partial charge in [0.1, 0.15) is 0 Å². The molecular formula is C18H17N3O2S. The van der Waals surface area contributed by atoms with E-state index in [4.69, 9.17) is 4.52 Å². The molecule has 4 rings (SSSR count). The summed E-state index contributed by atoms with van der Waals surface area (Å²) < 4.78 is 5.48. The Hall–Kier alpha value is -2.34. The minimum atomic E-state index is -0.158. The van der Waals surface area contributed by atoms with Gasteiger partial charge in [-0.25, -0.2) is 0 Å². The molecule has 1 aliphatic carbocycles. The van der Waals surface area contributed by atoms with E-state index in [0.717, 1.165) is 31.2 Å². The average Bonchev–Trinajstić information content (AvgIpc) is 3.27. The van der Waals surface area contributed by atoms with Crippen LogP contribution in [0.15, 0.2) is 62.9 Å². The summed E-state index contributed by atoms with van der Waals surface area (Å²) in [5, 5.41) is 4.13. The molecule has 2 heterocycles. The zero-order valence-electron chi connectivity index (χ0n) is 13.1. The quantitative estimate of drug-likeness (QED) is 0.778. The fourth-order valence-corrected chi connectivity index (χ4v) is 4.50. The SMILES string of the molecule is O=c1ccc(-c2noc(C3(Sc4ccccc4)CCCC3)n2)c[nH]1. The molecule has 1 aromatic carbocycles. The Morgan fingerprint density at radius 3 is 2.58 bits per heavy atom. The van der Waals surface area contributed by atoms with Gasteiger partial charge in [-0.15, -0.1) is 11.8 Å². The summed E-state index contributed by atoms with van der Waals surface area (Å²) in [6.07, 6.45) is 5.99. The van der Waals surface area contributed by atoms with Crippen molar-refractivity contribution in [1.82, 2.24) is 15.1 Å². The van der Waals surface area contributed by atoms with E-state index in [1.165, 1.54) is 11.0 Å². The minimum Gasteiger partial charge on any atom is -0.337 e. The van der Waals surface area contributed by atoms with Crippen LogP contribution >= 0.6 is 11.8 Å². The molecule has 1 saturated carbocycles. The first-order valence-electron chi connectivity index (χ1n) is 8.03. The summed E-state index contributed by atoms with van der Waals surface area (Å²) in [7, 11) is 0. The average molecular weight is 339 g/mol. The molecule has 2 aromatic heterocycles. The lowest BCUT2D eigenvalue weighted by Crippen LogP contribution is -2.17. The van der Waals surface area contributed by atoms with Gasteiger partial charge in [0.05, 0.1) is 4.75 Å². The lowest BCUT2D eigenvalue weighted by Gasteiger charge is -2.23. The van der Waals surface area contributed by atoms with Gasteiger partial charge < -0.3 is 9.51 Å². The highest BCUT2D eigenvalue weighted by Gasteiger charge is 2.42. The number of nitrogens with zero attached hydrogens (tertiary/aromatic N) is 2. The smallest absolute Gasteiger partial charge is 0.247 e. The van der Waals surface area contributed by atoms with Gasteiger partial charge in [-0.3, -0.25) is 4.79 Å². The zero-order valence-corrected chi connectivity index (χ0v) is 13.9. The molecule has 0 spiro atoms. The van der Waals surface area contributed by atoms with Gasteiger partial charge in [0, 0.05) is 22.7 Å². The molecule has 0 radical (unpaired) electrons. The predicted octanol–water partition coefficient (Wildman–Crippen LogP) is 3.99. The molecule has 6 heteroatoms. The minimum absolute atomic E-state index is 0.144. The maximum atomic E-state index is 11.2. The number of H-pyrrole nitrogens is 1. The van der Waals surface area contributed by atoms with Crippen LogP contribution in [0.2, 0.25) is 0 Å². The van der Waals surface area contributed by atoms with Crippen molar-refractivity contribution in [1.29, 1.82) is 0 Å². The maximum Gasteiger partial charge on any atom is 0.247 e. The van der Waals surface area contributed by atoms with Crippen molar-refractivity contribution in [3.05, 3.63) is 64.9 Å². The zero-order chi connectivity index (χ0) is 16.4. The van der Waals surface area contributed by atoms with E-state index >= 15 is 0 Å². The fraction of sp³-hybridized carbons (Fsp3) is 0.278. The second kappa shape index (κ2) is 6.28. The van der Waals surface area contributed by atoms with Crippen LogP contribution in [-0.2, 0) is 4.75 Å². The van der Waals surface area contributed by atoms with Gasteiger partial charge in [-0.2, -0.15) is 4.98 Å². The number of aromatic nitrogens is 3. The van der Waals surface area contributed by atoms with Gasteiger partial charge in [0.15, 0.2) is 0 Å². The van der Waals surface area contributed by atoms with Crippen molar-refractivity contribution >= 4 is 11.8 Å². The number of hydrogen-bond donors (Lipinski definition) is 1. The van der Waals surface area contributed by atoms with Gasteiger partial charge in [-0.05, 0) is 31.0 Å². The number of hydrogen-bond acceptors (Lipinski definition) is 5. The third-order valence-corrected chi connectivity index (χ3v) is 5.81. The largest absolute Gasteiger partial charge is 0.337 e. The van der Waals surface area contributed by atoms with Crippen LogP contribution in [0.3, 0.4) is 0 Å². The highest BCUT2D eigenvalue weighted by Crippen LogP contribution is 2.52. The predicted molar refractivity (Wildman–Crippen MR) is 92.8 cm³/mol. The monoisotopic (exact) mass is 339 g/mol. The van der Waals surface area contributed by atoms with Crippen molar-refractivity contribution in [2.75, 3.05) is 0 Å². The Balaban J connectivity index is 1.67. The molecule has 0 atom stereocenters. The molecular weight excluding hydrogens is 322 g/mol. The topological polar surface area (TPSA) is 71.8 Å². The number of pyridine rings is 1. The first-order chi connectivity index (χ1) is 11.8. The molecule has 0 unspecified atom stereocenters. The van der Waals surface area contributed by atoms with Crippen LogP contribution in [0, 0.1) is 0 Å². The second-order valence-electron chi connectivity index (χ2n) is 5.98. The van der Waals surface area contributed by atoms with Crippen LogP contribution in [0.4, 0.5) is 0 Å². The summed E-state index contributed by atoms with van der Waals surface area (Å²) in [4.78, 5) is 19.7. The maximum absolute atomic E-state index is 11.2. The highest BCUT2D eigenvalue weighted by atomic mass is 32.2. The normalized spacial score (nSPS) is 16.3. The van der Waals surface area contributed by atoms with E-state index < -0.39 is 0 Å². The van der Waals surface area contributed by atoms with Gasteiger partial charge in [-0.1, -0.05) is 36.2 Å². The van der Waals surface area contributed by atoms with Crippen LogP contribution in [0.1, 0.15) is 31.6 Å². The Labute approximate surface area is 143 Å². The molecule has 0 saturated heterocycles. The number of rotatable bonds is 4. The number of thioether (sulfide) groups is 1. The molecule has 0 aliphatic heterocycles. The standard InChI is InChI=1S/C18H17N3O2S/c22-15-9-8-13(12-19-15)16-20-17(23-21-16)18(10-4-5-11-18)24-14-6-2-1-3-7-14/h1-3,6-9,12H,4-5,10-11H2,(H,19,22). The Morgan fingerprint density at radius 1 is 1.08 bits per heavy atom. The Kier molecular flexibility index (Phi) is 3.98. The summed E-state index contributed by atoms with van der Waals surface area (Å²) in [5.41, 5.74) is 0.608. The lowest BCUT2D eigenvalue weighted by molar-refractivity contribution is 0.340. The van der Waals surface area contributed by atoms with Crippen LogP contribution in [0.25, 0.3) is 11.4 Å². The van der Waals surface area contributed by atoms with E-state index in [9.17, 15) is 4.79 Å². The summed E-state index contributed by atoms with van der Waals surface area (Å²) in [5.74, 6) is 1.19. The Morgan fingerprint density at radius 2 is 1.88 bits per heavy atom. The van der Waals surface area contributed by atoms with Crippen LogP contribution in [0.5, 0.6) is 0 Å². The molecule has 122 valence electrons. The first-order valence-corrected chi connectivity index (χ1v) is 8.84. The van der Waals surface area contributed by atoms with Crippen LogP contribution < -0.4 is 5.56 Å². The van der Waals surface area contributed by atoms with E-state index in [1.807, 2.05) is 30.0 Å². The van der Waals surface area contributed by atoms with E-state index in [1.54, 1.807) is 12.3 Å². The summed E-state index contributed by atoms with van der Waals surface area (Å²) in [6.45, 7) is 0. The summed E-state index contributed by atoms with van der Waals surface area (Å²) >= 11 is 1.81. The molecule has 1 fully saturated rings. The number of nitrogens with one attached hydrogen (secondary N) is 1. The van der Waals surface area contributed by atoms with Gasteiger partial charge >= 0.3 is 0 Å². The van der Waals surface area contributed by atoms with Crippen molar-refractivity contribution in [3.8, 4) is 11.4 Å². The number of aromatic amines is 1. The van der Waals surface area contributed by atoms with Gasteiger partial charge in [0.2, 0.25) is 17.3 Å². The molecule has 1 aliphatic rings. The first kappa shape index (κ1) is 15.2. The summed E-state index contributed by atoms with van der Waals surface area (Å²) in [6, 6.07) is 13.5. The van der Waals surface area contributed by atoms with Crippen molar-refractivity contribution in [3.63, 3.8) is 0 Å². The fourth-order valence-electron chi connectivity index (χ4n) is 3.10. The lowest BCUT2D eigenvalue weighted by atomic mass is 10.1. The van der Waals surface area contributed by atoms with Crippen molar-refractivity contribution in [2.24, 2.45) is 0 Å². The van der Waals surface area contributed by atoms with E-state index in [2.05, 4.69) is 27.3 Å². The molecule has 3 aromatic rings. The van der Waals surface area contributed by atoms with E-state index in [-0.39, 0.29) is 10.3 Å². The van der Waals surface area contributed by atoms with Crippen molar-refractivity contribution in [2.45, 2.75) is 35.3 Å². The Bertz CT molecular complexity index is 862. The molecule has 1 N–H and O–H groups in total. The van der Waals surface area contributed by atoms with Crippen LogP contribution in [-0.4, -0.2) is 15.1 Å². The third-order valence-electron chi connectivity index (χ3n) is 4.33. The molecule has 0 amide bonds.